The zero-order chi connectivity index (χ0) is 17.8. The van der Waals surface area contributed by atoms with Gasteiger partial charge in [0.2, 0.25) is 5.91 Å². The molecule has 2 unspecified atom stereocenters. The maximum Gasteiger partial charge on any atom is 0.409 e. The van der Waals surface area contributed by atoms with Gasteiger partial charge in [-0.15, -0.1) is 0 Å². The fourth-order valence-electron chi connectivity index (χ4n) is 2.15. The molecule has 6 heteroatoms. The van der Waals surface area contributed by atoms with Crippen molar-refractivity contribution < 1.29 is 19.1 Å². The quantitative estimate of drug-likeness (QED) is 0.625. The third-order valence-corrected chi connectivity index (χ3v) is 3.55. The van der Waals surface area contributed by atoms with Crippen molar-refractivity contribution in [3.63, 3.8) is 0 Å². The molecule has 0 aromatic heterocycles. The first-order valence-electron chi connectivity index (χ1n) is 8.11. The molecule has 6 nitrogen and oxygen atoms in total. The minimum absolute atomic E-state index is 0.0442. The van der Waals surface area contributed by atoms with E-state index >= 15 is 0 Å². The Morgan fingerprint density at radius 2 is 1.96 bits per heavy atom. The summed E-state index contributed by atoms with van der Waals surface area (Å²) in [5.74, 6) is -0.590. The lowest BCUT2D eigenvalue weighted by atomic mass is 9.90. The number of carbonyl (C=O) groups is 3. The molecule has 0 radical (unpaired) electrons. The Hall–Kier alpha value is -1.85. The zero-order valence-corrected chi connectivity index (χ0v) is 14.9. The van der Waals surface area contributed by atoms with Gasteiger partial charge in [0.15, 0.2) is 0 Å². The molecule has 0 fully saturated rings. The molecule has 2 amide bonds. The first-order valence-corrected chi connectivity index (χ1v) is 8.11. The summed E-state index contributed by atoms with van der Waals surface area (Å²) in [5, 5.41) is 2.62. The average Bonchev–Trinajstić information content (AvgIpc) is 2.50. The van der Waals surface area contributed by atoms with E-state index < -0.39 is 0 Å². The number of ether oxygens (including phenoxy) is 1. The van der Waals surface area contributed by atoms with Gasteiger partial charge in [0.1, 0.15) is 5.78 Å². The molecule has 132 valence electrons. The van der Waals surface area contributed by atoms with Crippen molar-refractivity contribution in [1.29, 1.82) is 0 Å². The summed E-state index contributed by atoms with van der Waals surface area (Å²) in [6, 6.07) is 0. The molecule has 0 rings (SSSR count). The fourth-order valence-corrected chi connectivity index (χ4v) is 2.15. The van der Waals surface area contributed by atoms with E-state index in [1.54, 1.807) is 7.05 Å². The van der Waals surface area contributed by atoms with Crippen LogP contribution in [0.3, 0.4) is 0 Å². The molecule has 0 aromatic carbocycles. The van der Waals surface area contributed by atoms with Gasteiger partial charge in [-0.2, -0.15) is 0 Å². The van der Waals surface area contributed by atoms with Crippen molar-refractivity contribution in [2.45, 2.75) is 40.5 Å². The van der Waals surface area contributed by atoms with Crippen molar-refractivity contribution in [2.24, 2.45) is 11.8 Å². The van der Waals surface area contributed by atoms with Crippen LogP contribution in [0.2, 0.25) is 0 Å². The van der Waals surface area contributed by atoms with E-state index in [4.69, 9.17) is 4.74 Å². The van der Waals surface area contributed by atoms with E-state index in [9.17, 15) is 14.4 Å². The molecule has 2 atom stereocenters. The number of Topliss-reactive ketones (excluding diaryl/α,β-unsaturated/α-hetero) is 1. The maximum absolute atomic E-state index is 12.0. The summed E-state index contributed by atoms with van der Waals surface area (Å²) in [4.78, 5) is 36.2. The van der Waals surface area contributed by atoms with Gasteiger partial charge in [-0.05, 0) is 32.6 Å². The second kappa shape index (κ2) is 11.7. The highest BCUT2D eigenvalue weighted by atomic mass is 16.6. The zero-order valence-electron chi connectivity index (χ0n) is 14.9. The highest BCUT2D eigenvalue weighted by Crippen LogP contribution is 2.18. The summed E-state index contributed by atoms with van der Waals surface area (Å²) in [7, 11) is 1.70. The SMILES string of the molecule is C/C=C/C(CCOC(=O)N(C)CCC)C(C)C(=O)NCC(C)=O. The highest BCUT2D eigenvalue weighted by Gasteiger charge is 2.22. The smallest absolute Gasteiger partial charge is 0.409 e. The number of rotatable bonds is 10. The minimum atomic E-state index is -0.347. The Kier molecular flexibility index (Phi) is 10.7. The Bertz CT molecular complexity index is 421. The Labute approximate surface area is 139 Å². The number of hydrogen-bond acceptors (Lipinski definition) is 4. The average molecular weight is 326 g/mol. The summed E-state index contributed by atoms with van der Waals surface area (Å²) < 4.78 is 5.23. The molecule has 23 heavy (non-hydrogen) atoms. The molecule has 0 bridgehead atoms. The lowest BCUT2D eigenvalue weighted by Crippen LogP contribution is -2.36. The summed E-state index contributed by atoms with van der Waals surface area (Å²) in [5.41, 5.74) is 0. The topological polar surface area (TPSA) is 75.7 Å². The largest absolute Gasteiger partial charge is 0.449 e. The van der Waals surface area contributed by atoms with Crippen LogP contribution < -0.4 is 5.32 Å². The maximum atomic E-state index is 12.0. The van der Waals surface area contributed by atoms with Gasteiger partial charge in [-0.3, -0.25) is 9.59 Å². The van der Waals surface area contributed by atoms with E-state index in [0.29, 0.717) is 13.0 Å². The number of hydrogen-bond donors (Lipinski definition) is 1. The molecular weight excluding hydrogens is 296 g/mol. The third-order valence-electron chi connectivity index (χ3n) is 3.55. The summed E-state index contributed by atoms with van der Waals surface area (Å²) in [6.07, 6.45) is 4.90. The highest BCUT2D eigenvalue weighted by molar-refractivity contribution is 5.85. The van der Waals surface area contributed by atoms with Crippen molar-refractivity contribution in [1.82, 2.24) is 10.2 Å². The number of ketones is 1. The van der Waals surface area contributed by atoms with Crippen LogP contribution in [0.4, 0.5) is 4.79 Å². The molecule has 0 aliphatic rings. The monoisotopic (exact) mass is 326 g/mol. The number of nitrogens with one attached hydrogen (secondary N) is 1. The fraction of sp³-hybridized carbons (Fsp3) is 0.706. The van der Waals surface area contributed by atoms with E-state index in [0.717, 1.165) is 6.42 Å². The van der Waals surface area contributed by atoms with Gasteiger partial charge in [0.25, 0.3) is 0 Å². The summed E-state index contributed by atoms with van der Waals surface area (Å²) in [6.45, 7) is 8.07. The molecule has 0 saturated heterocycles. The number of carbonyl (C=O) groups excluding carboxylic acids is 3. The summed E-state index contributed by atoms with van der Waals surface area (Å²) >= 11 is 0. The van der Waals surface area contributed by atoms with Gasteiger partial charge in [-0.1, -0.05) is 26.0 Å². The van der Waals surface area contributed by atoms with Crippen LogP contribution in [0.15, 0.2) is 12.2 Å². The van der Waals surface area contributed by atoms with Crippen LogP contribution in [-0.2, 0) is 14.3 Å². The Morgan fingerprint density at radius 3 is 2.48 bits per heavy atom. The van der Waals surface area contributed by atoms with Gasteiger partial charge in [-0.25, -0.2) is 4.79 Å². The van der Waals surface area contributed by atoms with Crippen LogP contribution >= 0.6 is 0 Å². The Morgan fingerprint density at radius 1 is 1.30 bits per heavy atom. The number of nitrogens with zero attached hydrogens (tertiary/aromatic N) is 1. The van der Waals surface area contributed by atoms with E-state index in [1.165, 1.54) is 11.8 Å². The van der Waals surface area contributed by atoms with Crippen molar-refractivity contribution in [2.75, 3.05) is 26.7 Å². The molecule has 1 N–H and O–H groups in total. The molecule has 0 aliphatic heterocycles. The molecule has 0 aliphatic carbocycles. The van der Waals surface area contributed by atoms with Crippen molar-refractivity contribution in [3.8, 4) is 0 Å². The molecule has 0 heterocycles. The van der Waals surface area contributed by atoms with Crippen LogP contribution in [0.5, 0.6) is 0 Å². The first kappa shape index (κ1) is 21.1. The van der Waals surface area contributed by atoms with Crippen molar-refractivity contribution in [3.05, 3.63) is 12.2 Å². The van der Waals surface area contributed by atoms with E-state index in [1.807, 2.05) is 32.9 Å². The van der Waals surface area contributed by atoms with Gasteiger partial charge >= 0.3 is 6.09 Å². The molecule has 0 saturated carbocycles. The standard InChI is InChI=1S/C17H30N2O4/c1-6-8-15(14(4)16(21)18-12-13(3)20)9-11-23-17(22)19(5)10-7-2/h6,8,14-15H,7,9-12H2,1-5H3,(H,18,21)/b8-6+. The molecular formula is C17H30N2O4. The van der Waals surface area contributed by atoms with Crippen molar-refractivity contribution >= 4 is 17.8 Å². The number of allylic oxidation sites excluding steroid dienone is 2. The van der Waals surface area contributed by atoms with Gasteiger partial charge in [0, 0.05) is 19.5 Å². The van der Waals surface area contributed by atoms with E-state index in [2.05, 4.69) is 5.32 Å². The predicted octanol–water partition coefficient (Wildman–Crippen LogP) is 2.39. The minimum Gasteiger partial charge on any atom is -0.449 e. The first-order chi connectivity index (χ1) is 10.8. The normalized spacial score (nSPS) is 13.4. The third kappa shape index (κ3) is 9.01. The van der Waals surface area contributed by atoms with Gasteiger partial charge in [0.05, 0.1) is 13.2 Å². The van der Waals surface area contributed by atoms with Crippen LogP contribution in [-0.4, -0.2) is 49.4 Å². The molecule has 0 aromatic rings. The second-order valence-electron chi connectivity index (χ2n) is 5.72. The van der Waals surface area contributed by atoms with Crippen LogP contribution in [0.25, 0.3) is 0 Å². The predicted molar refractivity (Wildman–Crippen MR) is 90.0 cm³/mol. The Balaban J connectivity index is 4.42. The second-order valence-corrected chi connectivity index (χ2v) is 5.72. The van der Waals surface area contributed by atoms with Gasteiger partial charge < -0.3 is 15.0 Å². The lowest BCUT2D eigenvalue weighted by molar-refractivity contribution is -0.128. The number of amides is 2. The van der Waals surface area contributed by atoms with E-state index in [-0.39, 0.29) is 42.8 Å². The van der Waals surface area contributed by atoms with Crippen LogP contribution in [0, 0.1) is 11.8 Å². The van der Waals surface area contributed by atoms with Crippen LogP contribution in [0.1, 0.15) is 40.5 Å². The lowest BCUT2D eigenvalue weighted by Gasteiger charge is -2.21. The molecule has 0 spiro atoms.